The highest BCUT2D eigenvalue weighted by Gasteiger charge is 2.22. The van der Waals surface area contributed by atoms with E-state index in [0.717, 1.165) is 10.9 Å². The SMILES string of the molecule is CC(C)C(NC(=O)c1cccc2ncccc12)C(N)=NO. The highest BCUT2D eigenvalue weighted by Crippen LogP contribution is 2.17. The largest absolute Gasteiger partial charge is 0.409 e. The molecule has 0 saturated carbocycles. The van der Waals surface area contributed by atoms with Crippen LogP contribution in [0.15, 0.2) is 41.7 Å². The number of pyridine rings is 1. The lowest BCUT2D eigenvalue weighted by atomic mass is 10.0. The molecule has 1 aromatic heterocycles. The second-order valence-electron chi connectivity index (χ2n) is 5.10. The lowest BCUT2D eigenvalue weighted by molar-refractivity contribution is 0.0940. The molecule has 0 radical (unpaired) electrons. The Labute approximate surface area is 122 Å². The molecule has 6 heteroatoms. The van der Waals surface area contributed by atoms with Crippen LogP contribution in [0.3, 0.4) is 0 Å². The summed E-state index contributed by atoms with van der Waals surface area (Å²) in [4.78, 5) is 16.7. The molecule has 0 aliphatic heterocycles. The van der Waals surface area contributed by atoms with Gasteiger partial charge in [-0.2, -0.15) is 0 Å². The first kappa shape index (κ1) is 14.8. The molecule has 1 aromatic carbocycles. The molecule has 1 unspecified atom stereocenters. The Balaban J connectivity index is 2.34. The van der Waals surface area contributed by atoms with Crippen LogP contribution >= 0.6 is 0 Å². The van der Waals surface area contributed by atoms with Crippen molar-refractivity contribution in [2.45, 2.75) is 19.9 Å². The van der Waals surface area contributed by atoms with E-state index in [-0.39, 0.29) is 17.7 Å². The smallest absolute Gasteiger partial charge is 0.252 e. The van der Waals surface area contributed by atoms with Gasteiger partial charge in [-0.25, -0.2) is 0 Å². The van der Waals surface area contributed by atoms with Gasteiger partial charge in [-0.1, -0.05) is 31.1 Å². The molecule has 2 rings (SSSR count). The number of benzene rings is 1. The first-order chi connectivity index (χ1) is 10.0. The third kappa shape index (κ3) is 3.10. The number of carbonyl (C=O) groups excluding carboxylic acids is 1. The summed E-state index contributed by atoms with van der Waals surface area (Å²) < 4.78 is 0. The van der Waals surface area contributed by atoms with E-state index in [9.17, 15) is 4.79 Å². The summed E-state index contributed by atoms with van der Waals surface area (Å²) in [6.45, 7) is 3.77. The van der Waals surface area contributed by atoms with Crippen LogP contribution in [0, 0.1) is 5.92 Å². The van der Waals surface area contributed by atoms with Crippen LogP contribution in [0.1, 0.15) is 24.2 Å². The van der Waals surface area contributed by atoms with Crippen LogP contribution in [0.5, 0.6) is 0 Å². The summed E-state index contributed by atoms with van der Waals surface area (Å²) in [5.74, 6) is -0.298. The normalized spacial score (nSPS) is 13.4. The van der Waals surface area contributed by atoms with E-state index >= 15 is 0 Å². The zero-order valence-corrected chi connectivity index (χ0v) is 11.9. The Morgan fingerprint density at radius 2 is 2.10 bits per heavy atom. The zero-order valence-electron chi connectivity index (χ0n) is 11.9. The molecule has 0 fully saturated rings. The van der Waals surface area contributed by atoms with Crippen molar-refractivity contribution in [1.29, 1.82) is 0 Å². The number of hydrogen-bond donors (Lipinski definition) is 3. The van der Waals surface area contributed by atoms with Gasteiger partial charge in [0.25, 0.3) is 5.91 Å². The molecule has 21 heavy (non-hydrogen) atoms. The van der Waals surface area contributed by atoms with E-state index in [4.69, 9.17) is 10.9 Å². The molecule has 1 amide bonds. The summed E-state index contributed by atoms with van der Waals surface area (Å²) in [5, 5.41) is 15.4. The standard InChI is InChI=1S/C15H18N4O2/c1-9(2)13(14(16)19-21)18-15(20)11-5-3-7-12-10(11)6-4-8-17-12/h3-9,13,21H,1-2H3,(H2,16,19)(H,18,20). The second-order valence-corrected chi connectivity index (χ2v) is 5.10. The Morgan fingerprint density at radius 3 is 2.76 bits per heavy atom. The Bertz CT molecular complexity index is 677. The van der Waals surface area contributed by atoms with Gasteiger partial charge >= 0.3 is 0 Å². The molecule has 0 aliphatic carbocycles. The Kier molecular flexibility index (Phi) is 4.37. The number of fused-ring (bicyclic) bond motifs is 1. The average Bonchev–Trinajstić information content (AvgIpc) is 2.50. The molecule has 6 nitrogen and oxygen atoms in total. The Morgan fingerprint density at radius 1 is 1.33 bits per heavy atom. The fourth-order valence-corrected chi connectivity index (χ4v) is 2.16. The van der Waals surface area contributed by atoms with Crippen molar-refractivity contribution < 1.29 is 10.0 Å². The maximum Gasteiger partial charge on any atom is 0.252 e. The van der Waals surface area contributed by atoms with Gasteiger partial charge in [0.15, 0.2) is 5.84 Å². The van der Waals surface area contributed by atoms with Crippen LogP contribution in [-0.4, -0.2) is 28.0 Å². The number of aromatic nitrogens is 1. The van der Waals surface area contributed by atoms with Gasteiger partial charge in [0.05, 0.1) is 11.6 Å². The zero-order chi connectivity index (χ0) is 15.4. The monoisotopic (exact) mass is 286 g/mol. The number of carbonyl (C=O) groups is 1. The van der Waals surface area contributed by atoms with Crippen LogP contribution in [0.4, 0.5) is 0 Å². The van der Waals surface area contributed by atoms with Crippen molar-refractivity contribution in [2.75, 3.05) is 0 Å². The topological polar surface area (TPSA) is 101 Å². The Hall–Kier alpha value is -2.63. The first-order valence-electron chi connectivity index (χ1n) is 6.66. The molecule has 0 saturated heterocycles. The minimum absolute atomic E-state index is 0.00190. The van der Waals surface area contributed by atoms with Crippen LogP contribution in [0.2, 0.25) is 0 Å². The average molecular weight is 286 g/mol. The fourth-order valence-electron chi connectivity index (χ4n) is 2.16. The summed E-state index contributed by atoms with van der Waals surface area (Å²) in [6, 6.07) is 8.43. The molecule has 1 atom stereocenters. The number of hydrogen-bond acceptors (Lipinski definition) is 4. The first-order valence-corrected chi connectivity index (χ1v) is 6.66. The lowest BCUT2D eigenvalue weighted by Gasteiger charge is -2.21. The van der Waals surface area contributed by atoms with Crippen LogP contribution in [-0.2, 0) is 0 Å². The van der Waals surface area contributed by atoms with Crippen molar-refractivity contribution in [3.8, 4) is 0 Å². The van der Waals surface area contributed by atoms with Crippen molar-refractivity contribution in [2.24, 2.45) is 16.8 Å². The third-order valence-electron chi connectivity index (χ3n) is 3.28. The molecule has 1 heterocycles. The summed E-state index contributed by atoms with van der Waals surface area (Å²) >= 11 is 0. The van der Waals surface area contributed by atoms with Crippen molar-refractivity contribution in [1.82, 2.24) is 10.3 Å². The van der Waals surface area contributed by atoms with E-state index < -0.39 is 6.04 Å². The van der Waals surface area contributed by atoms with E-state index in [2.05, 4.69) is 15.5 Å². The van der Waals surface area contributed by atoms with Crippen LogP contribution in [0.25, 0.3) is 10.9 Å². The number of nitrogens with two attached hydrogens (primary N) is 1. The highest BCUT2D eigenvalue weighted by molar-refractivity contribution is 6.07. The number of amidine groups is 1. The summed E-state index contributed by atoms with van der Waals surface area (Å²) in [6.07, 6.45) is 1.68. The number of oxime groups is 1. The fraction of sp³-hybridized carbons (Fsp3) is 0.267. The second kappa shape index (κ2) is 6.21. The molecular weight excluding hydrogens is 268 g/mol. The molecule has 0 bridgehead atoms. The van der Waals surface area contributed by atoms with Gasteiger partial charge in [-0.3, -0.25) is 9.78 Å². The van der Waals surface area contributed by atoms with E-state index in [1.165, 1.54) is 0 Å². The molecule has 0 aliphatic rings. The van der Waals surface area contributed by atoms with Gasteiger partial charge in [0, 0.05) is 17.1 Å². The van der Waals surface area contributed by atoms with Gasteiger partial charge in [-0.15, -0.1) is 0 Å². The van der Waals surface area contributed by atoms with Gasteiger partial charge in [0.2, 0.25) is 0 Å². The molecular formula is C15H18N4O2. The minimum atomic E-state index is -0.533. The highest BCUT2D eigenvalue weighted by atomic mass is 16.4. The predicted octanol–water partition coefficient (Wildman–Crippen LogP) is 1.74. The van der Waals surface area contributed by atoms with Crippen molar-refractivity contribution in [3.63, 3.8) is 0 Å². The van der Waals surface area contributed by atoms with Gasteiger partial charge in [0.1, 0.15) is 0 Å². The molecule has 110 valence electrons. The maximum absolute atomic E-state index is 12.5. The van der Waals surface area contributed by atoms with Crippen molar-refractivity contribution >= 4 is 22.6 Å². The van der Waals surface area contributed by atoms with Gasteiger partial charge < -0.3 is 16.3 Å². The van der Waals surface area contributed by atoms with E-state index in [1.807, 2.05) is 26.0 Å². The van der Waals surface area contributed by atoms with E-state index in [0.29, 0.717) is 5.56 Å². The number of nitrogens with zero attached hydrogens (tertiary/aromatic N) is 2. The summed E-state index contributed by atoms with van der Waals surface area (Å²) in [5.41, 5.74) is 6.89. The summed E-state index contributed by atoms with van der Waals surface area (Å²) in [7, 11) is 0. The minimum Gasteiger partial charge on any atom is -0.409 e. The maximum atomic E-state index is 12.5. The van der Waals surface area contributed by atoms with Gasteiger partial charge in [-0.05, 0) is 24.1 Å². The number of nitrogens with one attached hydrogen (secondary N) is 1. The predicted molar refractivity (Wildman–Crippen MR) is 81.2 cm³/mol. The van der Waals surface area contributed by atoms with Crippen molar-refractivity contribution in [3.05, 3.63) is 42.1 Å². The van der Waals surface area contributed by atoms with E-state index in [1.54, 1.807) is 24.4 Å². The number of amides is 1. The third-order valence-corrected chi connectivity index (χ3v) is 3.28. The molecule has 2 aromatic rings. The quantitative estimate of drug-likeness (QED) is 0.345. The number of rotatable bonds is 4. The van der Waals surface area contributed by atoms with Crippen LogP contribution < -0.4 is 11.1 Å². The molecule has 4 N–H and O–H groups in total. The molecule has 0 spiro atoms. The lowest BCUT2D eigenvalue weighted by Crippen LogP contribution is -2.47.